The van der Waals surface area contributed by atoms with E-state index in [0.717, 1.165) is 24.3 Å². The van der Waals surface area contributed by atoms with Crippen LogP contribution in [0.25, 0.3) is 0 Å². The molecule has 0 saturated carbocycles. The Labute approximate surface area is 143 Å². The molecule has 2 bridgehead atoms. The molecule has 3 heteroatoms. The van der Waals surface area contributed by atoms with Crippen molar-refractivity contribution in [3.63, 3.8) is 0 Å². The molecule has 4 aliphatic rings. The van der Waals surface area contributed by atoms with Crippen molar-refractivity contribution in [2.45, 2.75) is 43.4 Å². The summed E-state index contributed by atoms with van der Waals surface area (Å²) in [4.78, 5) is 2.67. The van der Waals surface area contributed by atoms with E-state index >= 15 is 0 Å². The number of nitrogens with zero attached hydrogens (tertiary/aromatic N) is 1. The molecule has 1 aromatic carbocycles. The second-order valence-electron chi connectivity index (χ2n) is 7.29. The Morgan fingerprint density at radius 1 is 1.17 bits per heavy atom. The summed E-state index contributed by atoms with van der Waals surface area (Å²) in [5, 5.41) is 0. The van der Waals surface area contributed by atoms with Gasteiger partial charge in [0, 0.05) is 35.3 Å². The third-order valence-corrected chi connectivity index (χ3v) is 6.01. The molecule has 0 aromatic heterocycles. The Kier molecular flexibility index (Phi) is 3.13. The van der Waals surface area contributed by atoms with Crippen LogP contribution in [0, 0.1) is 11.8 Å². The Morgan fingerprint density at radius 3 is 2.92 bits per heavy atom. The summed E-state index contributed by atoms with van der Waals surface area (Å²) < 4.78 is 6.34. The first-order valence-electron chi connectivity index (χ1n) is 8.96. The predicted octanol–water partition coefficient (Wildman–Crippen LogP) is 2.88. The highest BCUT2D eigenvalue weighted by atomic mass is 16.5. The van der Waals surface area contributed by atoms with Crippen LogP contribution < -0.4 is 5.73 Å². The molecule has 0 radical (unpaired) electrons. The van der Waals surface area contributed by atoms with Crippen LogP contribution in [0.5, 0.6) is 0 Å². The zero-order valence-electron chi connectivity index (χ0n) is 13.8. The molecule has 3 unspecified atom stereocenters. The van der Waals surface area contributed by atoms with Gasteiger partial charge in [0.15, 0.2) is 0 Å². The van der Waals surface area contributed by atoms with Gasteiger partial charge in [0.1, 0.15) is 5.60 Å². The molecular formula is C21H22N2O. The monoisotopic (exact) mass is 318 g/mol. The summed E-state index contributed by atoms with van der Waals surface area (Å²) in [5.41, 5.74) is 9.97. The van der Waals surface area contributed by atoms with Crippen molar-refractivity contribution in [1.82, 2.24) is 4.90 Å². The van der Waals surface area contributed by atoms with Crippen LogP contribution in [-0.4, -0.2) is 35.7 Å². The van der Waals surface area contributed by atoms with Gasteiger partial charge in [-0.3, -0.25) is 4.90 Å². The van der Waals surface area contributed by atoms with E-state index in [2.05, 4.69) is 28.9 Å². The average Bonchev–Trinajstić information content (AvgIpc) is 3.16. The summed E-state index contributed by atoms with van der Waals surface area (Å²) >= 11 is 0. The molecule has 3 atom stereocenters. The van der Waals surface area contributed by atoms with Crippen LogP contribution in [0.1, 0.15) is 31.2 Å². The second-order valence-corrected chi connectivity index (χ2v) is 7.29. The Morgan fingerprint density at radius 2 is 2.04 bits per heavy atom. The first-order chi connectivity index (χ1) is 11.8. The van der Waals surface area contributed by atoms with E-state index in [1.165, 1.54) is 37.0 Å². The number of rotatable bonds is 0. The number of nitrogen functional groups attached to an aromatic ring is 1. The molecule has 2 saturated heterocycles. The van der Waals surface area contributed by atoms with Crippen molar-refractivity contribution < 1.29 is 4.74 Å². The van der Waals surface area contributed by atoms with Gasteiger partial charge in [0.25, 0.3) is 0 Å². The van der Waals surface area contributed by atoms with Crippen LogP contribution in [0.15, 0.2) is 47.6 Å². The van der Waals surface area contributed by atoms with Gasteiger partial charge < -0.3 is 10.5 Å². The standard InChI is InChI=1S/C21H22N2O/c22-17-8-5-15(6-9-17)4-7-16-13-18-14-21(19(16)10-12-24-21)20-3-1-2-11-23(18)20/h5-6,8-10,13,18,20H,1-3,11-12,14,22H2. The maximum atomic E-state index is 6.34. The molecule has 3 aliphatic heterocycles. The lowest BCUT2D eigenvalue weighted by atomic mass is 9.77. The van der Waals surface area contributed by atoms with Gasteiger partial charge in [-0.25, -0.2) is 0 Å². The van der Waals surface area contributed by atoms with E-state index in [4.69, 9.17) is 10.5 Å². The van der Waals surface area contributed by atoms with Gasteiger partial charge in [-0.1, -0.05) is 30.4 Å². The van der Waals surface area contributed by atoms with Crippen LogP contribution in [-0.2, 0) is 4.74 Å². The van der Waals surface area contributed by atoms with E-state index in [1.54, 1.807) is 0 Å². The zero-order valence-corrected chi connectivity index (χ0v) is 13.8. The third-order valence-electron chi connectivity index (χ3n) is 6.01. The van der Waals surface area contributed by atoms with E-state index in [1.807, 2.05) is 24.3 Å². The molecule has 0 amide bonds. The highest BCUT2D eigenvalue weighted by Crippen LogP contribution is 2.53. The number of fused-ring (bicyclic) bond motifs is 3. The summed E-state index contributed by atoms with van der Waals surface area (Å²) in [7, 11) is 0. The van der Waals surface area contributed by atoms with Crippen molar-refractivity contribution in [1.29, 1.82) is 0 Å². The normalized spacial score (nSPS) is 33.8. The molecule has 122 valence electrons. The molecule has 3 heterocycles. The molecule has 24 heavy (non-hydrogen) atoms. The summed E-state index contributed by atoms with van der Waals surface area (Å²) in [6.45, 7) is 1.93. The van der Waals surface area contributed by atoms with Crippen LogP contribution in [0.4, 0.5) is 5.69 Å². The first kappa shape index (κ1) is 14.3. The Balaban J connectivity index is 1.53. The van der Waals surface area contributed by atoms with Gasteiger partial charge in [-0.2, -0.15) is 0 Å². The lowest BCUT2D eigenvalue weighted by Gasteiger charge is -2.38. The largest absolute Gasteiger partial charge is 0.399 e. The maximum Gasteiger partial charge on any atom is 0.112 e. The van der Waals surface area contributed by atoms with E-state index < -0.39 is 0 Å². The lowest BCUT2D eigenvalue weighted by molar-refractivity contribution is -0.0182. The number of ether oxygens (including phenoxy) is 1. The quantitative estimate of drug-likeness (QED) is 0.590. The van der Waals surface area contributed by atoms with Crippen molar-refractivity contribution in [3.05, 3.63) is 53.1 Å². The minimum absolute atomic E-state index is 0.0923. The van der Waals surface area contributed by atoms with E-state index in [0.29, 0.717) is 12.1 Å². The minimum Gasteiger partial charge on any atom is -0.399 e. The molecular weight excluding hydrogens is 296 g/mol. The third kappa shape index (κ3) is 2.00. The number of hydrogen-bond acceptors (Lipinski definition) is 3. The Hall–Kier alpha value is -2.02. The number of nitrogens with two attached hydrogens (primary N) is 1. The summed E-state index contributed by atoms with van der Waals surface area (Å²) in [5.74, 6) is 6.74. The molecule has 1 spiro atoms. The molecule has 3 nitrogen and oxygen atoms in total. The number of hydrogen-bond donors (Lipinski definition) is 1. The molecule has 1 aliphatic carbocycles. The van der Waals surface area contributed by atoms with Gasteiger partial charge in [0.05, 0.1) is 6.61 Å². The summed E-state index contributed by atoms with van der Waals surface area (Å²) in [6.07, 6.45) is 9.63. The molecule has 2 fully saturated rings. The first-order valence-corrected chi connectivity index (χ1v) is 8.96. The van der Waals surface area contributed by atoms with Crippen molar-refractivity contribution in [2.24, 2.45) is 0 Å². The molecule has 1 aromatic rings. The molecule has 5 rings (SSSR count). The van der Waals surface area contributed by atoms with Gasteiger partial charge in [-0.05, 0) is 49.2 Å². The zero-order chi connectivity index (χ0) is 16.1. The van der Waals surface area contributed by atoms with Crippen molar-refractivity contribution in [2.75, 3.05) is 18.9 Å². The predicted molar refractivity (Wildman–Crippen MR) is 95.3 cm³/mol. The van der Waals surface area contributed by atoms with Gasteiger partial charge in [-0.15, -0.1) is 0 Å². The fraction of sp³-hybridized carbons (Fsp3) is 0.429. The highest BCUT2D eigenvalue weighted by molar-refractivity contribution is 5.59. The smallest absolute Gasteiger partial charge is 0.112 e. The van der Waals surface area contributed by atoms with Gasteiger partial charge in [0.2, 0.25) is 0 Å². The van der Waals surface area contributed by atoms with Crippen LogP contribution in [0.3, 0.4) is 0 Å². The van der Waals surface area contributed by atoms with Crippen molar-refractivity contribution >= 4 is 5.69 Å². The number of benzene rings is 1. The summed E-state index contributed by atoms with van der Waals surface area (Å²) in [6, 6.07) is 8.81. The molecule has 2 N–H and O–H groups in total. The van der Waals surface area contributed by atoms with Crippen LogP contribution >= 0.6 is 0 Å². The van der Waals surface area contributed by atoms with Crippen LogP contribution in [0.2, 0.25) is 0 Å². The van der Waals surface area contributed by atoms with E-state index in [9.17, 15) is 0 Å². The lowest BCUT2D eigenvalue weighted by Crippen LogP contribution is -2.48. The number of anilines is 1. The van der Waals surface area contributed by atoms with Gasteiger partial charge >= 0.3 is 0 Å². The maximum absolute atomic E-state index is 6.34. The van der Waals surface area contributed by atoms with E-state index in [-0.39, 0.29) is 5.60 Å². The highest BCUT2D eigenvalue weighted by Gasteiger charge is 2.59. The average molecular weight is 318 g/mol. The SMILES string of the molecule is Nc1ccc(C#CC2=CC3CC4(OCC=C24)C2CCCCN32)cc1. The minimum atomic E-state index is -0.0923. The second kappa shape index (κ2) is 5.24. The van der Waals surface area contributed by atoms with Crippen molar-refractivity contribution in [3.8, 4) is 11.8 Å². The number of piperidine rings is 1. The fourth-order valence-electron chi connectivity index (χ4n) is 4.97. The topological polar surface area (TPSA) is 38.5 Å². The Bertz CT molecular complexity index is 795. The fourth-order valence-corrected chi connectivity index (χ4v) is 4.97.